The molecule has 0 spiro atoms. The van der Waals surface area contributed by atoms with Crippen molar-refractivity contribution in [3.8, 4) is 5.75 Å². The SMILES string of the molecule is O=C(Nc1ccc(OC(F)(F)F)cc1)C1CCCN(c2ncnc3nc[nH]c23)C1. The molecular weight excluding hydrogens is 389 g/mol. The van der Waals surface area contributed by atoms with E-state index in [4.69, 9.17) is 0 Å². The number of aromatic amines is 1. The number of hydrogen-bond acceptors (Lipinski definition) is 6. The predicted octanol–water partition coefficient (Wildman–Crippen LogP) is 3.11. The Hall–Kier alpha value is -3.37. The van der Waals surface area contributed by atoms with Crippen LogP contribution in [0.3, 0.4) is 0 Å². The number of hydrogen-bond donors (Lipinski definition) is 2. The Bertz CT molecular complexity index is 1000. The Balaban J connectivity index is 1.42. The van der Waals surface area contributed by atoms with Gasteiger partial charge in [-0.25, -0.2) is 15.0 Å². The van der Waals surface area contributed by atoms with Crippen molar-refractivity contribution in [2.24, 2.45) is 5.92 Å². The van der Waals surface area contributed by atoms with Gasteiger partial charge in [0.25, 0.3) is 0 Å². The van der Waals surface area contributed by atoms with Gasteiger partial charge in [0.05, 0.1) is 12.2 Å². The highest BCUT2D eigenvalue weighted by Gasteiger charge is 2.31. The van der Waals surface area contributed by atoms with Crippen LogP contribution in [0.5, 0.6) is 5.75 Å². The number of carbonyl (C=O) groups excluding carboxylic acids is 1. The fraction of sp³-hybridized carbons (Fsp3) is 0.333. The van der Waals surface area contributed by atoms with Crippen molar-refractivity contribution in [3.63, 3.8) is 0 Å². The minimum absolute atomic E-state index is 0.200. The average molecular weight is 406 g/mol. The minimum Gasteiger partial charge on any atom is -0.406 e. The van der Waals surface area contributed by atoms with Gasteiger partial charge in [-0.1, -0.05) is 0 Å². The maximum Gasteiger partial charge on any atom is 0.573 e. The number of anilines is 2. The number of halogens is 3. The van der Waals surface area contributed by atoms with E-state index in [2.05, 4.69) is 30.0 Å². The molecule has 1 aliphatic heterocycles. The molecule has 3 heterocycles. The van der Waals surface area contributed by atoms with Crippen molar-refractivity contribution in [1.82, 2.24) is 19.9 Å². The van der Waals surface area contributed by atoms with Crippen LogP contribution in [0.2, 0.25) is 0 Å². The third-order valence-electron chi connectivity index (χ3n) is 4.65. The van der Waals surface area contributed by atoms with E-state index < -0.39 is 6.36 Å². The first-order valence-corrected chi connectivity index (χ1v) is 8.95. The first-order chi connectivity index (χ1) is 13.9. The monoisotopic (exact) mass is 406 g/mol. The zero-order valence-corrected chi connectivity index (χ0v) is 15.1. The van der Waals surface area contributed by atoms with E-state index in [9.17, 15) is 18.0 Å². The van der Waals surface area contributed by atoms with Gasteiger partial charge in [0.1, 0.15) is 17.6 Å². The summed E-state index contributed by atoms with van der Waals surface area (Å²) in [6.07, 6.45) is -0.266. The van der Waals surface area contributed by atoms with Crippen LogP contribution in [0, 0.1) is 5.92 Å². The number of aromatic nitrogens is 4. The van der Waals surface area contributed by atoms with Crippen molar-refractivity contribution in [3.05, 3.63) is 36.9 Å². The fourth-order valence-corrected chi connectivity index (χ4v) is 3.36. The molecule has 0 radical (unpaired) electrons. The molecule has 4 rings (SSSR count). The average Bonchev–Trinajstić information content (AvgIpc) is 3.17. The Morgan fingerprint density at radius 1 is 1.21 bits per heavy atom. The number of ether oxygens (including phenoxy) is 1. The van der Waals surface area contributed by atoms with Crippen LogP contribution in [-0.2, 0) is 4.79 Å². The van der Waals surface area contributed by atoms with Crippen LogP contribution in [-0.4, -0.2) is 45.3 Å². The molecule has 8 nitrogen and oxygen atoms in total. The molecule has 1 unspecified atom stereocenters. The summed E-state index contributed by atoms with van der Waals surface area (Å²) in [4.78, 5) is 30.2. The van der Waals surface area contributed by atoms with Crippen LogP contribution in [0.4, 0.5) is 24.7 Å². The third kappa shape index (κ3) is 4.39. The van der Waals surface area contributed by atoms with Gasteiger partial charge in [0, 0.05) is 18.8 Å². The Morgan fingerprint density at radius 3 is 2.76 bits per heavy atom. The smallest absolute Gasteiger partial charge is 0.406 e. The molecule has 1 aromatic carbocycles. The normalized spacial score (nSPS) is 17.3. The molecule has 1 amide bonds. The lowest BCUT2D eigenvalue weighted by Gasteiger charge is -2.32. The molecule has 1 fully saturated rings. The van der Waals surface area contributed by atoms with E-state index in [1.54, 1.807) is 6.33 Å². The number of carbonyl (C=O) groups is 1. The number of imidazole rings is 1. The summed E-state index contributed by atoms with van der Waals surface area (Å²) < 4.78 is 40.5. The second-order valence-corrected chi connectivity index (χ2v) is 6.65. The standard InChI is InChI=1S/C18H17F3N6O2/c19-18(20,21)29-13-5-3-12(4-6-13)26-17(28)11-2-1-7-27(8-11)16-14-15(23-9-22-14)24-10-25-16/h3-6,9-11H,1-2,7-8H2,(H,26,28)(H,22,23,24,25). The first kappa shape index (κ1) is 19.0. The topological polar surface area (TPSA) is 96.0 Å². The van der Waals surface area contributed by atoms with Crippen molar-refractivity contribution >= 4 is 28.6 Å². The molecule has 0 aliphatic carbocycles. The summed E-state index contributed by atoms with van der Waals surface area (Å²) in [5.41, 5.74) is 1.68. The lowest BCUT2D eigenvalue weighted by Crippen LogP contribution is -2.41. The van der Waals surface area contributed by atoms with E-state index in [1.807, 2.05) is 4.90 Å². The largest absolute Gasteiger partial charge is 0.573 e. The van der Waals surface area contributed by atoms with Gasteiger partial charge in [-0.05, 0) is 37.1 Å². The first-order valence-electron chi connectivity index (χ1n) is 8.95. The van der Waals surface area contributed by atoms with E-state index in [0.29, 0.717) is 35.6 Å². The number of alkyl halides is 3. The summed E-state index contributed by atoms with van der Waals surface area (Å²) in [5, 5.41) is 2.75. The van der Waals surface area contributed by atoms with Crippen LogP contribution < -0.4 is 15.0 Å². The number of fused-ring (bicyclic) bond motifs is 1. The molecule has 0 saturated carbocycles. The quantitative estimate of drug-likeness (QED) is 0.691. The maximum atomic E-state index is 12.7. The van der Waals surface area contributed by atoms with Gasteiger partial charge in [-0.2, -0.15) is 0 Å². The molecule has 2 N–H and O–H groups in total. The fourth-order valence-electron chi connectivity index (χ4n) is 3.36. The Labute approximate surface area is 163 Å². The van der Waals surface area contributed by atoms with E-state index in [-0.39, 0.29) is 17.6 Å². The molecule has 152 valence electrons. The van der Waals surface area contributed by atoms with Crippen LogP contribution >= 0.6 is 0 Å². The number of piperidine rings is 1. The van der Waals surface area contributed by atoms with E-state index in [0.717, 1.165) is 25.1 Å². The molecule has 11 heteroatoms. The number of rotatable bonds is 4. The Kier molecular flexibility index (Phi) is 4.95. The molecule has 0 bridgehead atoms. The number of nitrogens with zero attached hydrogens (tertiary/aromatic N) is 4. The van der Waals surface area contributed by atoms with Gasteiger partial charge in [0.2, 0.25) is 5.91 Å². The summed E-state index contributed by atoms with van der Waals surface area (Å²) in [7, 11) is 0. The van der Waals surface area contributed by atoms with E-state index >= 15 is 0 Å². The molecule has 29 heavy (non-hydrogen) atoms. The summed E-state index contributed by atoms with van der Waals surface area (Å²) >= 11 is 0. The zero-order chi connectivity index (χ0) is 20.4. The van der Waals surface area contributed by atoms with Gasteiger partial charge in [0.15, 0.2) is 11.5 Å². The van der Waals surface area contributed by atoms with Crippen molar-refractivity contribution in [1.29, 1.82) is 0 Å². The van der Waals surface area contributed by atoms with Crippen LogP contribution in [0.1, 0.15) is 12.8 Å². The molecule has 2 aromatic heterocycles. The number of nitrogens with one attached hydrogen (secondary N) is 2. The lowest BCUT2D eigenvalue weighted by molar-refractivity contribution is -0.274. The van der Waals surface area contributed by atoms with E-state index in [1.165, 1.54) is 18.5 Å². The highest BCUT2D eigenvalue weighted by atomic mass is 19.4. The van der Waals surface area contributed by atoms with Crippen molar-refractivity contribution in [2.45, 2.75) is 19.2 Å². The van der Waals surface area contributed by atoms with Gasteiger partial charge in [-0.3, -0.25) is 4.79 Å². The molecule has 1 saturated heterocycles. The second kappa shape index (κ2) is 7.57. The highest BCUT2D eigenvalue weighted by molar-refractivity contribution is 5.93. The summed E-state index contributed by atoms with van der Waals surface area (Å²) in [6, 6.07) is 5.06. The molecule has 1 aliphatic rings. The van der Waals surface area contributed by atoms with Gasteiger partial charge >= 0.3 is 6.36 Å². The predicted molar refractivity (Wildman–Crippen MR) is 98.4 cm³/mol. The highest BCUT2D eigenvalue weighted by Crippen LogP contribution is 2.27. The van der Waals surface area contributed by atoms with Gasteiger partial charge < -0.3 is 19.9 Å². The summed E-state index contributed by atoms with van der Waals surface area (Å²) in [5.74, 6) is -0.137. The number of benzene rings is 1. The van der Waals surface area contributed by atoms with Crippen molar-refractivity contribution in [2.75, 3.05) is 23.3 Å². The van der Waals surface area contributed by atoms with Crippen molar-refractivity contribution < 1.29 is 22.7 Å². The maximum absolute atomic E-state index is 12.7. The van der Waals surface area contributed by atoms with Crippen LogP contribution in [0.15, 0.2) is 36.9 Å². The zero-order valence-electron chi connectivity index (χ0n) is 15.1. The minimum atomic E-state index is -4.75. The summed E-state index contributed by atoms with van der Waals surface area (Å²) in [6.45, 7) is 1.21. The molecule has 1 atom stereocenters. The Morgan fingerprint density at radius 2 is 2.00 bits per heavy atom. The number of amides is 1. The lowest BCUT2D eigenvalue weighted by atomic mass is 9.97. The molecule has 3 aromatic rings. The second-order valence-electron chi connectivity index (χ2n) is 6.65. The third-order valence-corrected chi connectivity index (χ3v) is 4.65. The van der Waals surface area contributed by atoms with Gasteiger partial charge in [-0.15, -0.1) is 13.2 Å². The van der Waals surface area contributed by atoms with Crippen LogP contribution in [0.25, 0.3) is 11.2 Å². The number of H-pyrrole nitrogens is 1. The molecular formula is C18H17F3N6O2.